The van der Waals surface area contributed by atoms with Crippen molar-refractivity contribution >= 4 is 10.9 Å². The van der Waals surface area contributed by atoms with Crippen LogP contribution in [0, 0.1) is 0 Å². The Morgan fingerprint density at radius 3 is 3.00 bits per heavy atom. The summed E-state index contributed by atoms with van der Waals surface area (Å²) in [5.74, 6) is 0.987. The Labute approximate surface area is 81.4 Å². The van der Waals surface area contributed by atoms with Crippen molar-refractivity contribution in [3.8, 4) is 11.4 Å². The number of hydrogen-bond acceptors (Lipinski definition) is 2. The van der Waals surface area contributed by atoms with Crippen molar-refractivity contribution in [3.63, 3.8) is 0 Å². The van der Waals surface area contributed by atoms with Gasteiger partial charge in [0.25, 0.3) is 0 Å². The van der Waals surface area contributed by atoms with Crippen molar-refractivity contribution in [2.24, 2.45) is 7.05 Å². The number of para-hydroxylation sites is 1. The maximum atomic E-state index is 4.54. The summed E-state index contributed by atoms with van der Waals surface area (Å²) < 4.78 is 1.94. The Hall–Kier alpha value is -1.90. The molecule has 0 atom stereocenters. The molecule has 1 aromatic carbocycles. The predicted octanol–water partition coefficient (Wildman–Crippen LogP) is 2.07. The Morgan fingerprint density at radius 1 is 1.21 bits per heavy atom. The van der Waals surface area contributed by atoms with E-state index in [0.717, 1.165) is 16.9 Å². The molecule has 2 heterocycles. The summed E-state index contributed by atoms with van der Waals surface area (Å²) in [4.78, 5) is 8.70. The topological polar surface area (TPSA) is 30.7 Å². The second-order valence-electron chi connectivity index (χ2n) is 3.37. The van der Waals surface area contributed by atoms with Crippen molar-refractivity contribution in [1.29, 1.82) is 0 Å². The molecule has 0 fully saturated rings. The van der Waals surface area contributed by atoms with E-state index in [1.165, 1.54) is 5.39 Å². The van der Waals surface area contributed by atoms with Crippen molar-refractivity contribution in [3.05, 3.63) is 36.8 Å². The predicted molar refractivity (Wildman–Crippen MR) is 55.1 cm³/mol. The lowest BCUT2D eigenvalue weighted by molar-refractivity contribution is 0.856. The van der Waals surface area contributed by atoms with Crippen molar-refractivity contribution in [2.45, 2.75) is 0 Å². The fourth-order valence-corrected chi connectivity index (χ4v) is 1.75. The molecule has 0 N–H and O–H groups in total. The number of aryl methyl sites for hydroxylation is 1. The smallest absolute Gasteiger partial charge is 0.143 e. The number of hydrogen-bond donors (Lipinski definition) is 0. The van der Waals surface area contributed by atoms with Crippen LogP contribution < -0.4 is 0 Å². The third-order valence-corrected chi connectivity index (χ3v) is 2.44. The van der Waals surface area contributed by atoms with Crippen LogP contribution in [-0.2, 0) is 7.05 Å². The first kappa shape index (κ1) is 7.50. The highest BCUT2D eigenvalue weighted by Crippen LogP contribution is 2.28. The molecule has 3 heteroatoms. The van der Waals surface area contributed by atoms with Gasteiger partial charge in [-0.25, -0.2) is 9.97 Å². The van der Waals surface area contributed by atoms with Crippen LogP contribution in [0.2, 0.25) is 0 Å². The average Bonchev–Trinajstić information content (AvgIpc) is 2.59. The zero-order valence-corrected chi connectivity index (χ0v) is 7.81. The molecule has 68 valence electrons. The van der Waals surface area contributed by atoms with Gasteiger partial charge in [-0.3, -0.25) is 0 Å². The van der Waals surface area contributed by atoms with Crippen LogP contribution in [0.1, 0.15) is 0 Å². The number of rotatable bonds is 0. The van der Waals surface area contributed by atoms with Crippen LogP contribution in [0.4, 0.5) is 0 Å². The van der Waals surface area contributed by atoms with Crippen molar-refractivity contribution < 1.29 is 0 Å². The molecule has 0 saturated heterocycles. The van der Waals surface area contributed by atoms with E-state index >= 15 is 0 Å². The molecule has 0 aliphatic carbocycles. The minimum Gasteiger partial charge on any atom is -0.320 e. The average molecular weight is 183 g/mol. The first-order valence-corrected chi connectivity index (χ1v) is 4.51. The zero-order valence-electron chi connectivity index (χ0n) is 7.81. The summed E-state index contributed by atoms with van der Waals surface area (Å²) in [5, 5.41) is 1.17. The largest absolute Gasteiger partial charge is 0.320 e. The second-order valence-corrected chi connectivity index (χ2v) is 3.37. The van der Waals surface area contributed by atoms with E-state index in [0.29, 0.717) is 0 Å². The van der Waals surface area contributed by atoms with Gasteiger partial charge in [0.2, 0.25) is 0 Å². The van der Waals surface area contributed by atoms with Crippen LogP contribution in [0.25, 0.3) is 22.3 Å². The van der Waals surface area contributed by atoms with Gasteiger partial charge in [-0.05, 0) is 6.07 Å². The maximum Gasteiger partial charge on any atom is 0.143 e. The second kappa shape index (κ2) is 2.54. The third-order valence-electron chi connectivity index (χ3n) is 2.44. The first-order chi connectivity index (χ1) is 6.86. The molecule has 3 nitrogen and oxygen atoms in total. The van der Waals surface area contributed by atoms with Crippen LogP contribution in [0.5, 0.6) is 0 Å². The van der Waals surface area contributed by atoms with E-state index in [9.17, 15) is 0 Å². The summed E-state index contributed by atoms with van der Waals surface area (Å²) in [6.45, 7) is 0. The molecule has 0 spiro atoms. The van der Waals surface area contributed by atoms with Gasteiger partial charge in [-0.15, -0.1) is 0 Å². The van der Waals surface area contributed by atoms with Crippen LogP contribution in [0.3, 0.4) is 0 Å². The van der Waals surface area contributed by atoms with Gasteiger partial charge in [0, 0.05) is 24.2 Å². The standard InChI is InChI=1S/C11H9N3/c1-14-7-12-6-9-8-4-2-3-5-10(8)13-11(9)14/h2-7H,1H3. The Kier molecular flexibility index (Phi) is 1.36. The van der Waals surface area contributed by atoms with Crippen LogP contribution >= 0.6 is 0 Å². The van der Waals surface area contributed by atoms with Crippen LogP contribution in [-0.4, -0.2) is 14.5 Å². The van der Waals surface area contributed by atoms with Gasteiger partial charge < -0.3 is 4.57 Å². The molecular weight excluding hydrogens is 174 g/mol. The van der Waals surface area contributed by atoms with Gasteiger partial charge in [0.1, 0.15) is 5.82 Å². The summed E-state index contributed by atoms with van der Waals surface area (Å²) in [6, 6.07) is 8.12. The van der Waals surface area contributed by atoms with Crippen LogP contribution in [0.15, 0.2) is 36.8 Å². The third kappa shape index (κ3) is 0.865. The normalized spacial score (nSPS) is 11.2. The monoisotopic (exact) mass is 183 g/mol. The minimum absolute atomic E-state index is 0.987. The summed E-state index contributed by atoms with van der Waals surface area (Å²) in [5.41, 5.74) is 2.15. The molecule has 0 saturated carbocycles. The molecule has 2 aliphatic heterocycles. The molecule has 0 radical (unpaired) electrons. The van der Waals surface area contributed by atoms with Gasteiger partial charge in [-0.1, -0.05) is 18.2 Å². The van der Waals surface area contributed by atoms with E-state index < -0.39 is 0 Å². The molecule has 0 amide bonds. The fraction of sp³-hybridized carbons (Fsp3) is 0.0909. The van der Waals surface area contributed by atoms with Gasteiger partial charge in [0.15, 0.2) is 0 Å². The number of fused-ring (bicyclic) bond motifs is 3. The molecule has 0 unspecified atom stereocenters. The van der Waals surface area contributed by atoms with E-state index in [1.54, 1.807) is 6.33 Å². The Morgan fingerprint density at radius 2 is 2.07 bits per heavy atom. The minimum atomic E-state index is 0.987. The quantitative estimate of drug-likeness (QED) is 0.534. The molecule has 14 heavy (non-hydrogen) atoms. The van der Waals surface area contributed by atoms with Crippen molar-refractivity contribution in [2.75, 3.05) is 0 Å². The number of aromatic nitrogens is 3. The number of benzene rings is 1. The van der Waals surface area contributed by atoms with E-state index in [2.05, 4.69) is 16.0 Å². The Balaban J connectivity index is 2.55. The molecule has 2 aliphatic rings. The van der Waals surface area contributed by atoms with E-state index in [-0.39, 0.29) is 0 Å². The number of nitrogens with zero attached hydrogens (tertiary/aromatic N) is 3. The Bertz CT molecular complexity index is 568. The lowest BCUT2D eigenvalue weighted by atomic mass is 10.2. The summed E-state index contributed by atoms with van der Waals surface area (Å²) in [6.07, 6.45) is 3.64. The van der Waals surface area contributed by atoms with E-state index in [4.69, 9.17) is 0 Å². The van der Waals surface area contributed by atoms with Gasteiger partial charge in [-0.2, -0.15) is 0 Å². The molecule has 3 rings (SSSR count). The zero-order chi connectivity index (χ0) is 9.54. The van der Waals surface area contributed by atoms with E-state index in [1.807, 2.05) is 36.0 Å². The summed E-state index contributed by atoms with van der Waals surface area (Å²) in [7, 11) is 1.96. The highest BCUT2D eigenvalue weighted by molar-refractivity contribution is 5.95. The SMILES string of the molecule is Cn1cncc2c3ccccc3nc1-2. The highest BCUT2D eigenvalue weighted by Gasteiger charge is 2.12. The highest BCUT2D eigenvalue weighted by atomic mass is 15.1. The maximum absolute atomic E-state index is 4.54. The van der Waals surface area contributed by atoms with Gasteiger partial charge >= 0.3 is 0 Å². The molecule has 1 aromatic rings. The summed E-state index contributed by atoms with van der Waals surface area (Å²) >= 11 is 0. The van der Waals surface area contributed by atoms with Gasteiger partial charge in [0.05, 0.1) is 11.8 Å². The van der Waals surface area contributed by atoms with Crippen molar-refractivity contribution in [1.82, 2.24) is 14.5 Å². The molecule has 0 bridgehead atoms. The fourth-order valence-electron chi connectivity index (χ4n) is 1.75. The molecular formula is C11H9N3. The lowest BCUT2D eigenvalue weighted by Crippen LogP contribution is -1.97. The molecule has 0 aromatic heterocycles. The lowest BCUT2D eigenvalue weighted by Gasteiger charge is -2.02. The first-order valence-electron chi connectivity index (χ1n) is 4.51.